The van der Waals surface area contributed by atoms with Crippen LogP contribution >= 0.6 is 0 Å². The summed E-state index contributed by atoms with van der Waals surface area (Å²) in [5, 5.41) is 0. The molecule has 2 amide bonds. The molecule has 3 rings (SSSR count). The van der Waals surface area contributed by atoms with Gasteiger partial charge in [0.2, 0.25) is 21.8 Å². The van der Waals surface area contributed by atoms with E-state index in [4.69, 9.17) is 10.5 Å². The number of benzene rings is 2. The van der Waals surface area contributed by atoms with E-state index in [0.717, 1.165) is 5.56 Å². The number of carbonyl (C=O) groups excluding carboxylic acids is 2. The van der Waals surface area contributed by atoms with Gasteiger partial charge in [-0.3, -0.25) is 9.59 Å². The van der Waals surface area contributed by atoms with E-state index in [9.17, 15) is 18.0 Å². The van der Waals surface area contributed by atoms with Crippen molar-refractivity contribution in [1.29, 1.82) is 0 Å². The summed E-state index contributed by atoms with van der Waals surface area (Å²) in [4.78, 5) is 26.4. The third kappa shape index (κ3) is 5.66. The van der Waals surface area contributed by atoms with Crippen molar-refractivity contribution in [2.75, 3.05) is 20.2 Å². The number of sulfonamides is 1. The van der Waals surface area contributed by atoms with Gasteiger partial charge in [-0.15, -0.1) is 0 Å². The van der Waals surface area contributed by atoms with Gasteiger partial charge >= 0.3 is 0 Å². The van der Waals surface area contributed by atoms with E-state index < -0.39 is 16.1 Å². The van der Waals surface area contributed by atoms with E-state index in [2.05, 4.69) is 4.72 Å². The average Bonchev–Trinajstić information content (AvgIpc) is 2.78. The average molecular weight is 460 g/mol. The minimum atomic E-state index is -3.96. The normalized spacial score (nSPS) is 15.9. The van der Waals surface area contributed by atoms with E-state index in [0.29, 0.717) is 37.2 Å². The number of carbonyl (C=O) groups is 2. The van der Waals surface area contributed by atoms with Crippen LogP contribution in [0.15, 0.2) is 53.4 Å². The third-order valence-corrected chi connectivity index (χ3v) is 7.23. The van der Waals surface area contributed by atoms with Crippen molar-refractivity contribution in [2.45, 2.75) is 37.1 Å². The highest BCUT2D eigenvalue weighted by Crippen LogP contribution is 2.23. The standard InChI is InChI=1S/C23H29N3O5S/c1-16-14-19(8-9-21(16)31-2)32(29,30)25-20(15-17-6-4-3-5-7-17)23(28)26-12-10-18(11-13-26)22(24)27/h3-9,14,18,20,25H,10-13,15H2,1-2H3,(H2,24,27)/t20-/m0/s1. The second kappa shape index (κ2) is 10.1. The first kappa shape index (κ1) is 23.7. The molecule has 0 saturated carbocycles. The minimum Gasteiger partial charge on any atom is -0.496 e. The molecule has 3 N–H and O–H groups in total. The second-order valence-electron chi connectivity index (χ2n) is 8.00. The SMILES string of the molecule is COc1ccc(S(=O)(=O)N[C@@H](Cc2ccccc2)C(=O)N2CCC(C(N)=O)CC2)cc1C. The molecule has 9 heteroatoms. The first-order valence-electron chi connectivity index (χ1n) is 10.5. The molecule has 0 unspecified atom stereocenters. The van der Waals surface area contributed by atoms with Gasteiger partial charge in [0, 0.05) is 19.0 Å². The number of nitrogens with one attached hydrogen (secondary N) is 1. The number of aryl methyl sites for hydroxylation is 1. The fourth-order valence-corrected chi connectivity index (χ4v) is 5.18. The lowest BCUT2D eigenvalue weighted by Crippen LogP contribution is -2.52. The Labute approximate surface area is 188 Å². The molecule has 0 radical (unpaired) electrons. The van der Waals surface area contributed by atoms with Crippen molar-refractivity contribution < 1.29 is 22.7 Å². The van der Waals surface area contributed by atoms with Crippen LogP contribution in [-0.4, -0.2) is 51.4 Å². The molecule has 1 heterocycles. The number of methoxy groups -OCH3 is 1. The Morgan fingerprint density at radius 1 is 1.16 bits per heavy atom. The van der Waals surface area contributed by atoms with Gasteiger partial charge in [0.25, 0.3) is 0 Å². The first-order valence-corrected chi connectivity index (χ1v) is 12.0. The summed E-state index contributed by atoms with van der Waals surface area (Å²) in [6.07, 6.45) is 1.16. The number of likely N-dealkylation sites (tertiary alicyclic amines) is 1. The number of nitrogens with zero attached hydrogens (tertiary/aromatic N) is 1. The van der Waals surface area contributed by atoms with Crippen molar-refractivity contribution in [3.63, 3.8) is 0 Å². The zero-order chi connectivity index (χ0) is 23.3. The zero-order valence-electron chi connectivity index (χ0n) is 18.3. The monoisotopic (exact) mass is 459 g/mol. The van der Waals surface area contributed by atoms with E-state index in [1.165, 1.54) is 19.2 Å². The number of hydrogen-bond acceptors (Lipinski definition) is 5. The molecule has 0 spiro atoms. The molecule has 0 bridgehead atoms. The van der Waals surface area contributed by atoms with Crippen LogP contribution in [0.2, 0.25) is 0 Å². The fraction of sp³-hybridized carbons (Fsp3) is 0.391. The van der Waals surface area contributed by atoms with E-state index in [1.54, 1.807) is 17.9 Å². The number of primary amides is 1. The van der Waals surface area contributed by atoms with E-state index in [-0.39, 0.29) is 29.0 Å². The molecule has 1 aliphatic heterocycles. The van der Waals surface area contributed by atoms with Gasteiger partial charge in [-0.05, 0) is 55.5 Å². The van der Waals surface area contributed by atoms with Crippen molar-refractivity contribution in [2.24, 2.45) is 11.7 Å². The highest BCUT2D eigenvalue weighted by atomic mass is 32.2. The van der Waals surface area contributed by atoms with Crippen LogP contribution in [-0.2, 0) is 26.0 Å². The molecule has 1 saturated heterocycles. The molecule has 172 valence electrons. The summed E-state index contributed by atoms with van der Waals surface area (Å²) in [6.45, 7) is 2.48. The van der Waals surface area contributed by atoms with Crippen LogP contribution in [0.5, 0.6) is 5.75 Å². The number of rotatable bonds is 8. The summed E-state index contributed by atoms with van der Waals surface area (Å²) >= 11 is 0. The number of piperidine rings is 1. The Kier molecular flexibility index (Phi) is 7.52. The van der Waals surface area contributed by atoms with Crippen LogP contribution in [0, 0.1) is 12.8 Å². The van der Waals surface area contributed by atoms with Crippen LogP contribution in [0.25, 0.3) is 0 Å². The molecular weight excluding hydrogens is 430 g/mol. The molecule has 8 nitrogen and oxygen atoms in total. The largest absolute Gasteiger partial charge is 0.496 e. The van der Waals surface area contributed by atoms with Gasteiger partial charge in [-0.2, -0.15) is 4.72 Å². The molecule has 2 aromatic carbocycles. The van der Waals surface area contributed by atoms with Gasteiger partial charge in [0.05, 0.1) is 12.0 Å². The van der Waals surface area contributed by atoms with Gasteiger partial charge in [0.1, 0.15) is 11.8 Å². The molecule has 1 atom stereocenters. The maximum Gasteiger partial charge on any atom is 0.241 e. The Morgan fingerprint density at radius 2 is 1.81 bits per heavy atom. The summed E-state index contributed by atoms with van der Waals surface area (Å²) < 4.78 is 34.1. The second-order valence-corrected chi connectivity index (χ2v) is 9.71. The van der Waals surface area contributed by atoms with Crippen molar-refractivity contribution >= 4 is 21.8 Å². The molecule has 2 aromatic rings. The molecular formula is C23H29N3O5S. The molecule has 0 aromatic heterocycles. The highest BCUT2D eigenvalue weighted by molar-refractivity contribution is 7.89. The number of ether oxygens (including phenoxy) is 1. The van der Waals surface area contributed by atoms with E-state index in [1.807, 2.05) is 30.3 Å². The van der Waals surface area contributed by atoms with Crippen molar-refractivity contribution in [3.8, 4) is 5.75 Å². The predicted octanol–water partition coefficient (Wildman–Crippen LogP) is 1.62. The minimum absolute atomic E-state index is 0.0640. The number of hydrogen-bond donors (Lipinski definition) is 2. The Balaban J connectivity index is 1.83. The van der Waals surface area contributed by atoms with Crippen LogP contribution in [0.1, 0.15) is 24.0 Å². The smallest absolute Gasteiger partial charge is 0.241 e. The molecule has 0 aliphatic carbocycles. The fourth-order valence-electron chi connectivity index (χ4n) is 3.91. The maximum absolute atomic E-state index is 13.3. The Bertz CT molecular complexity index is 1060. The van der Waals surface area contributed by atoms with Crippen LogP contribution in [0.4, 0.5) is 0 Å². The lowest BCUT2D eigenvalue weighted by atomic mass is 9.95. The third-order valence-electron chi connectivity index (χ3n) is 5.76. The van der Waals surface area contributed by atoms with Crippen LogP contribution in [0.3, 0.4) is 0 Å². The van der Waals surface area contributed by atoms with Crippen molar-refractivity contribution in [3.05, 3.63) is 59.7 Å². The first-order chi connectivity index (χ1) is 15.2. The quantitative estimate of drug-likeness (QED) is 0.622. The highest BCUT2D eigenvalue weighted by Gasteiger charge is 2.33. The molecule has 32 heavy (non-hydrogen) atoms. The number of amides is 2. The summed E-state index contributed by atoms with van der Waals surface area (Å²) in [5.41, 5.74) is 6.90. The zero-order valence-corrected chi connectivity index (χ0v) is 19.1. The van der Waals surface area contributed by atoms with E-state index >= 15 is 0 Å². The predicted molar refractivity (Wildman–Crippen MR) is 120 cm³/mol. The Hall–Kier alpha value is -2.91. The van der Waals surface area contributed by atoms with Gasteiger partial charge in [-0.1, -0.05) is 30.3 Å². The van der Waals surface area contributed by atoms with Gasteiger partial charge in [-0.25, -0.2) is 8.42 Å². The molecule has 1 fully saturated rings. The topological polar surface area (TPSA) is 119 Å². The lowest BCUT2D eigenvalue weighted by Gasteiger charge is -2.33. The number of nitrogens with two attached hydrogens (primary N) is 1. The van der Waals surface area contributed by atoms with Gasteiger partial charge < -0.3 is 15.4 Å². The molecule has 1 aliphatic rings. The lowest BCUT2D eigenvalue weighted by molar-refractivity contribution is -0.136. The summed E-state index contributed by atoms with van der Waals surface area (Å²) in [6, 6.07) is 12.8. The van der Waals surface area contributed by atoms with Gasteiger partial charge in [0.15, 0.2) is 0 Å². The van der Waals surface area contributed by atoms with Crippen LogP contribution < -0.4 is 15.2 Å². The maximum atomic E-state index is 13.3. The Morgan fingerprint density at radius 3 is 2.38 bits per heavy atom. The summed E-state index contributed by atoms with van der Waals surface area (Å²) in [5.74, 6) is -0.358. The van der Waals surface area contributed by atoms with Crippen molar-refractivity contribution in [1.82, 2.24) is 9.62 Å². The summed E-state index contributed by atoms with van der Waals surface area (Å²) in [7, 11) is -2.44.